The first-order chi connectivity index (χ1) is 14.2. The van der Waals surface area contributed by atoms with Gasteiger partial charge in [0.15, 0.2) is 16.6 Å². The Bertz CT molecular complexity index is 997. The van der Waals surface area contributed by atoms with E-state index < -0.39 is 11.9 Å². The molecule has 2 aromatic heterocycles. The van der Waals surface area contributed by atoms with Crippen LogP contribution in [0, 0.1) is 6.92 Å². The molecular weight excluding hydrogens is 437 g/mol. The number of halogens is 4. The first-order valence-corrected chi connectivity index (χ1v) is 9.94. The van der Waals surface area contributed by atoms with Gasteiger partial charge in [-0.3, -0.25) is 9.36 Å². The number of rotatable bonds is 7. The van der Waals surface area contributed by atoms with Gasteiger partial charge in [-0.05, 0) is 49.3 Å². The number of hydrogen-bond donors (Lipinski definition) is 2. The molecule has 0 atom stereocenters. The Kier molecular flexibility index (Phi) is 6.99. The first kappa shape index (κ1) is 22.1. The van der Waals surface area contributed by atoms with Crippen molar-refractivity contribution in [3.63, 3.8) is 0 Å². The Morgan fingerprint density at radius 3 is 2.57 bits per heavy atom. The Labute approximate surface area is 182 Å². The molecule has 2 heterocycles. The Morgan fingerprint density at radius 1 is 1.17 bits per heavy atom. The van der Waals surface area contributed by atoms with E-state index >= 15 is 0 Å². The summed E-state index contributed by atoms with van der Waals surface area (Å²) in [5, 5.41) is 15.1. The van der Waals surface area contributed by atoms with Gasteiger partial charge in [0.2, 0.25) is 0 Å². The standard InChI is InChI=1S/C19H20ClF3N6S/c1-13-11-16(19(21,22)23)26-29(13)9-2-8-24-18(30)25-17-7-10-28(27-17)12-14-3-5-15(20)6-4-14/h3-7,10-11H,2,8-9,12H2,1H3,(H2,24,25,27,30). The van der Waals surface area contributed by atoms with E-state index in [0.717, 1.165) is 11.6 Å². The Hall–Kier alpha value is -2.59. The second-order valence-electron chi connectivity index (χ2n) is 6.65. The number of nitrogens with one attached hydrogen (secondary N) is 2. The molecule has 6 nitrogen and oxygen atoms in total. The third-order valence-electron chi connectivity index (χ3n) is 4.24. The van der Waals surface area contributed by atoms with Crippen LogP contribution in [0.15, 0.2) is 42.6 Å². The van der Waals surface area contributed by atoms with Gasteiger partial charge < -0.3 is 10.6 Å². The summed E-state index contributed by atoms with van der Waals surface area (Å²) in [7, 11) is 0. The van der Waals surface area contributed by atoms with Gasteiger partial charge in [0.1, 0.15) is 0 Å². The van der Waals surface area contributed by atoms with Crippen molar-refractivity contribution in [2.75, 3.05) is 11.9 Å². The number of thiocarbonyl (C=S) groups is 1. The number of benzene rings is 1. The van der Waals surface area contributed by atoms with Crippen molar-refractivity contribution in [2.24, 2.45) is 0 Å². The molecule has 0 aliphatic rings. The number of hydrogen-bond acceptors (Lipinski definition) is 3. The molecule has 0 amide bonds. The summed E-state index contributed by atoms with van der Waals surface area (Å²) >= 11 is 11.1. The van der Waals surface area contributed by atoms with Crippen LogP contribution in [-0.4, -0.2) is 31.2 Å². The smallest absolute Gasteiger partial charge is 0.362 e. The summed E-state index contributed by atoms with van der Waals surface area (Å²) in [5.74, 6) is 0.596. The molecule has 0 bridgehead atoms. The van der Waals surface area contributed by atoms with Crippen LogP contribution in [-0.2, 0) is 19.3 Å². The van der Waals surface area contributed by atoms with E-state index in [-0.39, 0.29) is 0 Å². The van der Waals surface area contributed by atoms with Gasteiger partial charge in [-0.2, -0.15) is 23.4 Å². The lowest BCUT2D eigenvalue weighted by Gasteiger charge is -2.09. The van der Waals surface area contributed by atoms with Crippen LogP contribution >= 0.6 is 23.8 Å². The van der Waals surface area contributed by atoms with Crippen molar-refractivity contribution < 1.29 is 13.2 Å². The number of aromatic nitrogens is 4. The van der Waals surface area contributed by atoms with Crippen LogP contribution in [0.25, 0.3) is 0 Å². The van der Waals surface area contributed by atoms with Gasteiger partial charge in [-0.1, -0.05) is 23.7 Å². The minimum absolute atomic E-state index is 0.354. The van der Waals surface area contributed by atoms with Gasteiger partial charge >= 0.3 is 6.18 Å². The van der Waals surface area contributed by atoms with Gasteiger partial charge in [0, 0.05) is 36.1 Å². The topological polar surface area (TPSA) is 59.7 Å². The molecule has 0 spiro atoms. The highest BCUT2D eigenvalue weighted by Crippen LogP contribution is 2.28. The van der Waals surface area contributed by atoms with Crippen molar-refractivity contribution >= 4 is 34.7 Å². The summed E-state index contributed by atoms with van der Waals surface area (Å²) < 4.78 is 41.2. The zero-order valence-electron chi connectivity index (χ0n) is 16.1. The lowest BCUT2D eigenvalue weighted by Crippen LogP contribution is -2.30. The van der Waals surface area contributed by atoms with Crippen LogP contribution in [0.3, 0.4) is 0 Å². The molecule has 160 valence electrons. The Balaban J connectivity index is 1.41. The summed E-state index contributed by atoms with van der Waals surface area (Å²) in [5.41, 5.74) is 0.658. The van der Waals surface area contributed by atoms with Crippen molar-refractivity contribution in [1.82, 2.24) is 24.9 Å². The fourth-order valence-electron chi connectivity index (χ4n) is 2.76. The van der Waals surface area contributed by atoms with E-state index in [1.54, 1.807) is 17.7 Å². The summed E-state index contributed by atoms with van der Waals surface area (Å²) in [6.07, 6.45) is -2.04. The summed E-state index contributed by atoms with van der Waals surface area (Å²) in [6.45, 7) is 3.04. The average molecular weight is 457 g/mol. The van der Waals surface area contributed by atoms with Gasteiger partial charge in [-0.25, -0.2) is 0 Å². The Morgan fingerprint density at radius 2 is 1.90 bits per heavy atom. The molecule has 0 unspecified atom stereocenters. The average Bonchev–Trinajstić information content (AvgIpc) is 3.27. The SMILES string of the molecule is Cc1cc(C(F)(F)F)nn1CCCNC(=S)Nc1ccn(Cc2ccc(Cl)cc2)n1. The second-order valence-corrected chi connectivity index (χ2v) is 7.50. The number of anilines is 1. The highest BCUT2D eigenvalue weighted by Gasteiger charge is 2.34. The molecule has 11 heteroatoms. The van der Waals surface area contributed by atoms with Crippen molar-refractivity contribution in [3.05, 3.63) is 64.6 Å². The number of alkyl halides is 3. The monoisotopic (exact) mass is 456 g/mol. The third kappa shape index (κ3) is 6.20. The molecule has 2 N–H and O–H groups in total. The summed E-state index contributed by atoms with van der Waals surface area (Å²) in [6, 6.07) is 10.4. The van der Waals surface area contributed by atoms with Crippen molar-refractivity contribution in [3.8, 4) is 0 Å². The fraction of sp³-hybridized carbons (Fsp3) is 0.316. The van der Waals surface area contributed by atoms with Crippen LogP contribution in [0.2, 0.25) is 5.02 Å². The predicted octanol–water partition coefficient (Wildman–Crippen LogP) is 4.49. The lowest BCUT2D eigenvalue weighted by molar-refractivity contribution is -0.141. The van der Waals surface area contributed by atoms with Crippen LogP contribution in [0.5, 0.6) is 0 Å². The fourth-order valence-corrected chi connectivity index (χ4v) is 3.09. The van der Waals surface area contributed by atoms with E-state index in [1.807, 2.05) is 30.5 Å². The molecule has 30 heavy (non-hydrogen) atoms. The molecule has 0 aliphatic heterocycles. The normalized spacial score (nSPS) is 11.5. The maximum atomic E-state index is 12.7. The molecule has 0 aliphatic carbocycles. The van der Waals surface area contributed by atoms with E-state index in [1.165, 1.54) is 4.68 Å². The summed E-state index contributed by atoms with van der Waals surface area (Å²) in [4.78, 5) is 0. The van der Waals surface area contributed by atoms with Crippen molar-refractivity contribution in [1.29, 1.82) is 0 Å². The van der Waals surface area contributed by atoms with Crippen molar-refractivity contribution in [2.45, 2.75) is 32.6 Å². The molecular formula is C19H20ClF3N6S. The molecule has 1 aromatic carbocycles. The highest BCUT2D eigenvalue weighted by atomic mass is 35.5. The molecule has 3 aromatic rings. The largest absolute Gasteiger partial charge is 0.435 e. The lowest BCUT2D eigenvalue weighted by atomic mass is 10.2. The van der Waals surface area contributed by atoms with E-state index in [0.29, 0.717) is 47.7 Å². The van der Waals surface area contributed by atoms with Crippen LogP contribution in [0.4, 0.5) is 19.0 Å². The maximum Gasteiger partial charge on any atom is 0.435 e. The second kappa shape index (κ2) is 9.48. The van der Waals surface area contributed by atoms with E-state index in [2.05, 4.69) is 20.8 Å². The molecule has 3 rings (SSSR count). The van der Waals surface area contributed by atoms with Gasteiger partial charge in [0.05, 0.1) is 6.54 Å². The van der Waals surface area contributed by atoms with Gasteiger partial charge in [-0.15, -0.1) is 0 Å². The zero-order chi connectivity index (χ0) is 21.7. The first-order valence-electron chi connectivity index (χ1n) is 9.15. The van der Waals surface area contributed by atoms with Crippen LogP contribution in [0.1, 0.15) is 23.4 Å². The molecule has 0 saturated carbocycles. The molecule has 0 radical (unpaired) electrons. The number of aryl methyl sites for hydroxylation is 2. The zero-order valence-corrected chi connectivity index (χ0v) is 17.7. The predicted molar refractivity (Wildman–Crippen MR) is 114 cm³/mol. The maximum absolute atomic E-state index is 12.7. The highest BCUT2D eigenvalue weighted by molar-refractivity contribution is 7.80. The van der Waals surface area contributed by atoms with Crippen LogP contribution < -0.4 is 10.6 Å². The molecule has 0 saturated heterocycles. The minimum Gasteiger partial charge on any atom is -0.362 e. The third-order valence-corrected chi connectivity index (χ3v) is 4.74. The quantitative estimate of drug-likeness (QED) is 0.405. The van der Waals surface area contributed by atoms with Gasteiger partial charge in [0.25, 0.3) is 0 Å². The number of nitrogens with zero attached hydrogens (tertiary/aromatic N) is 4. The van der Waals surface area contributed by atoms with E-state index in [9.17, 15) is 13.2 Å². The van der Waals surface area contributed by atoms with E-state index in [4.69, 9.17) is 23.8 Å². The minimum atomic E-state index is -4.43. The molecule has 0 fully saturated rings.